The molecule has 0 amide bonds. The van der Waals surface area contributed by atoms with E-state index in [0.717, 1.165) is 18.4 Å². The van der Waals surface area contributed by atoms with Gasteiger partial charge in [0.2, 0.25) is 10.0 Å². The molecule has 120 valence electrons. The zero-order chi connectivity index (χ0) is 16.1. The van der Waals surface area contributed by atoms with E-state index in [1.54, 1.807) is 0 Å². The van der Waals surface area contributed by atoms with Crippen LogP contribution in [0.25, 0.3) is 0 Å². The Labute approximate surface area is 120 Å². The van der Waals surface area contributed by atoms with E-state index in [0.29, 0.717) is 18.5 Å². The van der Waals surface area contributed by atoms with Crippen molar-refractivity contribution in [1.82, 2.24) is 10.0 Å². The maximum Gasteiger partial charge on any atom is 0.419 e. The van der Waals surface area contributed by atoms with Crippen LogP contribution >= 0.6 is 0 Å². The van der Waals surface area contributed by atoms with Crippen molar-refractivity contribution in [2.24, 2.45) is 0 Å². The van der Waals surface area contributed by atoms with E-state index in [1.807, 2.05) is 0 Å². The summed E-state index contributed by atoms with van der Waals surface area (Å²) in [4.78, 5) is 0. The van der Waals surface area contributed by atoms with E-state index in [1.165, 1.54) is 6.07 Å². The predicted molar refractivity (Wildman–Crippen MR) is 70.6 cm³/mol. The van der Waals surface area contributed by atoms with Crippen LogP contribution in [0.5, 0.6) is 0 Å². The SMILES string of the molecule is CS(=O)(=O)NCCCNCc1ccc(F)c(C(F)(F)F)c1. The lowest BCUT2D eigenvalue weighted by atomic mass is 10.1. The van der Waals surface area contributed by atoms with E-state index in [-0.39, 0.29) is 13.1 Å². The van der Waals surface area contributed by atoms with Crippen LogP contribution in [-0.4, -0.2) is 27.8 Å². The minimum atomic E-state index is -4.72. The summed E-state index contributed by atoms with van der Waals surface area (Å²) in [5.41, 5.74) is -0.986. The van der Waals surface area contributed by atoms with Gasteiger partial charge < -0.3 is 5.32 Å². The summed E-state index contributed by atoms with van der Waals surface area (Å²) in [6.45, 7) is 0.798. The van der Waals surface area contributed by atoms with Gasteiger partial charge in [-0.1, -0.05) is 6.07 Å². The second-order valence-corrected chi connectivity index (χ2v) is 6.34. The Hall–Kier alpha value is -1.19. The molecule has 4 nitrogen and oxygen atoms in total. The van der Waals surface area contributed by atoms with Gasteiger partial charge in [-0.25, -0.2) is 17.5 Å². The van der Waals surface area contributed by atoms with E-state index in [4.69, 9.17) is 0 Å². The van der Waals surface area contributed by atoms with Gasteiger partial charge in [0, 0.05) is 13.1 Å². The first-order chi connectivity index (χ1) is 9.59. The highest BCUT2D eigenvalue weighted by Gasteiger charge is 2.34. The number of hydrogen-bond acceptors (Lipinski definition) is 3. The third-order valence-electron chi connectivity index (χ3n) is 2.56. The van der Waals surface area contributed by atoms with Gasteiger partial charge in [-0.2, -0.15) is 13.2 Å². The fraction of sp³-hybridized carbons (Fsp3) is 0.500. The van der Waals surface area contributed by atoms with E-state index in [9.17, 15) is 26.0 Å². The number of hydrogen-bond donors (Lipinski definition) is 2. The highest BCUT2D eigenvalue weighted by molar-refractivity contribution is 7.88. The molecule has 9 heteroatoms. The topological polar surface area (TPSA) is 58.2 Å². The first-order valence-corrected chi connectivity index (χ1v) is 8.00. The molecule has 0 fully saturated rings. The summed E-state index contributed by atoms with van der Waals surface area (Å²) in [7, 11) is -3.23. The van der Waals surface area contributed by atoms with Crippen LogP contribution in [0, 0.1) is 5.82 Å². The average molecular weight is 328 g/mol. The third-order valence-corrected chi connectivity index (χ3v) is 3.29. The number of nitrogens with one attached hydrogen (secondary N) is 2. The quantitative estimate of drug-likeness (QED) is 0.593. The van der Waals surface area contributed by atoms with Crippen molar-refractivity contribution in [3.05, 3.63) is 35.1 Å². The van der Waals surface area contributed by atoms with Crippen LogP contribution in [0.3, 0.4) is 0 Å². The van der Waals surface area contributed by atoms with Gasteiger partial charge in [0.25, 0.3) is 0 Å². The van der Waals surface area contributed by atoms with Gasteiger partial charge >= 0.3 is 6.18 Å². The molecule has 1 rings (SSSR count). The van der Waals surface area contributed by atoms with Crippen molar-refractivity contribution in [1.29, 1.82) is 0 Å². The van der Waals surface area contributed by atoms with Gasteiger partial charge in [-0.15, -0.1) is 0 Å². The summed E-state index contributed by atoms with van der Waals surface area (Å²) < 4.78 is 74.4. The largest absolute Gasteiger partial charge is 0.419 e. The second kappa shape index (κ2) is 7.19. The number of halogens is 4. The number of alkyl halides is 3. The molecule has 0 heterocycles. The molecule has 0 radical (unpaired) electrons. The summed E-state index contributed by atoms with van der Waals surface area (Å²) >= 11 is 0. The zero-order valence-electron chi connectivity index (χ0n) is 11.3. The van der Waals surface area contributed by atoms with Crippen molar-refractivity contribution < 1.29 is 26.0 Å². The Kier molecular flexibility index (Phi) is 6.11. The molecule has 0 bridgehead atoms. The van der Waals surface area contributed by atoms with Crippen LogP contribution in [0.15, 0.2) is 18.2 Å². The highest BCUT2D eigenvalue weighted by atomic mass is 32.2. The Balaban J connectivity index is 2.43. The first kappa shape index (κ1) is 17.9. The average Bonchev–Trinajstić information content (AvgIpc) is 2.32. The molecular formula is C12H16F4N2O2S. The predicted octanol–water partition coefficient (Wildman–Crippen LogP) is 1.87. The van der Waals surface area contributed by atoms with E-state index in [2.05, 4.69) is 10.0 Å². The van der Waals surface area contributed by atoms with Gasteiger partial charge in [0.05, 0.1) is 11.8 Å². The lowest BCUT2D eigenvalue weighted by Crippen LogP contribution is -2.26. The van der Waals surface area contributed by atoms with Crippen LogP contribution < -0.4 is 10.0 Å². The molecule has 0 unspecified atom stereocenters. The number of rotatable bonds is 7. The monoisotopic (exact) mass is 328 g/mol. The van der Waals surface area contributed by atoms with Crippen molar-refractivity contribution in [2.45, 2.75) is 19.1 Å². The maximum absolute atomic E-state index is 13.1. The molecule has 1 aromatic rings. The Morgan fingerprint density at radius 2 is 1.86 bits per heavy atom. The number of benzene rings is 1. The first-order valence-electron chi connectivity index (χ1n) is 6.10. The fourth-order valence-corrected chi connectivity index (χ4v) is 2.12. The summed E-state index contributed by atoms with van der Waals surface area (Å²) in [6.07, 6.45) is -3.20. The maximum atomic E-state index is 13.1. The Morgan fingerprint density at radius 3 is 2.43 bits per heavy atom. The molecular weight excluding hydrogens is 312 g/mol. The molecule has 0 spiro atoms. The third kappa shape index (κ3) is 6.87. The molecule has 0 aliphatic carbocycles. The van der Waals surface area contributed by atoms with Crippen molar-refractivity contribution in [3.8, 4) is 0 Å². The standard InChI is InChI=1S/C12H16F4N2O2S/c1-21(19,20)18-6-2-5-17-8-9-3-4-11(13)10(7-9)12(14,15)16/h3-4,7,17-18H,2,5-6,8H2,1H3. The lowest BCUT2D eigenvalue weighted by Gasteiger charge is -2.11. The molecule has 21 heavy (non-hydrogen) atoms. The molecule has 0 saturated heterocycles. The summed E-state index contributed by atoms with van der Waals surface area (Å²) in [6, 6.07) is 2.81. The molecule has 0 aromatic heterocycles. The smallest absolute Gasteiger partial charge is 0.313 e. The number of sulfonamides is 1. The molecule has 0 aliphatic rings. The molecule has 2 N–H and O–H groups in total. The minimum Gasteiger partial charge on any atom is -0.313 e. The van der Waals surface area contributed by atoms with Crippen LogP contribution in [0.2, 0.25) is 0 Å². The Morgan fingerprint density at radius 1 is 1.19 bits per heavy atom. The summed E-state index contributed by atoms with van der Waals surface area (Å²) in [5.74, 6) is -1.30. The zero-order valence-corrected chi connectivity index (χ0v) is 12.1. The molecule has 0 aliphatic heterocycles. The summed E-state index contributed by atoms with van der Waals surface area (Å²) in [5, 5.41) is 2.86. The molecule has 0 saturated carbocycles. The van der Waals surface area contributed by atoms with E-state index >= 15 is 0 Å². The highest BCUT2D eigenvalue weighted by Crippen LogP contribution is 2.31. The van der Waals surface area contributed by atoms with Crippen LogP contribution in [0.4, 0.5) is 17.6 Å². The van der Waals surface area contributed by atoms with Crippen LogP contribution in [0.1, 0.15) is 17.5 Å². The van der Waals surface area contributed by atoms with Gasteiger partial charge in [0.15, 0.2) is 0 Å². The van der Waals surface area contributed by atoms with E-state index < -0.39 is 27.6 Å². The molecule has 1 aromatic carbocycles. The minimum absolute atomic E-state index is 0.141. The van der Waals surface area contributed by atoms with Crippen molar-refractivity contribution in [2.75, 3.05) is 19.3 Å². The van der Waals surface area contributed by atoms with Crippen molar-refractivity contribution >= 4 is 10.0 Å². The Bertz CT molecular complexity index is 573. The van der Waals surface area contributed by atoms with Gasteiger partial charge in [-0.05, 0) is 30.7 Å². The molecule has 0 atom stereocenters. The second-order valence-electron chi connectivity index (χ2n) is 4.51. The van der Waals surface area contributed by atoms with Gasteiger partial charge in [-0.3, -0.25) is 0 Å². The normalized spacial score (nSPS) is 12.6. The lowest BCUT2D eigenvalue weighted by molar-refractivity contribution is -0.140. The van der Waals surface area contributed by atoms with Gasteiger partial charge in [0.1, 0.15) is 5.82 Å². The fourth-order valence-electron chi connectivity index (χ4n) is 1.60. The van der Waals surface area contributed by atoms with Crippen molar-refractivity contribution in [3.63, 3.8) is 0 Å². The van der Waals surface area contributed by atoms with Crippen LogP contribution in [-0.2, 0) is 22.7 Å².